The average Bonchev–Trinajstić information content (AvgIpc) is 3.22. The monoisotopic (exact) mass is 558 g/mol. The van der Waals surface area contributed by atoms with Crippen LogP contribution in [0.3, 0.4) is 0 Å². The van der Waals surface area contributed by atoms with Gasteiger partial charge < -0.3 is 18.9 Å². The minimum Gasteiger partial charge on any atom is -0.491 e. The number of hydrogen-bond donors (Lipinski definition) is 1. The lowest BCUT2D eigenvalue weighted by Crippen LogP contribution is -2.49. The van der Waals surface area contributed by atoms with Crippen molar-refractivity contribution >= 4 is 43.9 Å². The first-order valence-corrected chi connectivity index (χ1v) is 19.8. The number of nitrogens with zero attached hydrogens (tertiary/aromatic N) is 1. The van der Waals surface area contributed by atoms with Gasteiger partial charge in [-0.2, -0.15) is 0 Å². The van der Waals surface area contributed by atoms with Crippen LogP contribution in [0.2, 0.25) is 36.3 Å². The van der Waals surface area contributed by atoms with E-state index in [-0.39, 0.29) is 16.2 Å². The predicted molar refractivity (Wildman–Crippen MR) is 165 cm³/mol. The van der Waals surface area contributed by atoms with Crippen LogP contribution in [0, 0.1) is 0 Å². The number of ether oxygens (including phenoxy) is 1. The maximum atomic E-state index is 6.80. The molecule has 8 heteroatoms. The molecule has 0 aliphatic heterocycles. The van der Waals surface area contributed by atoms with E-state index in [4.69, 9.17) is 18.6 Å². The molecule has 0 unspecified atom stereocenters. The first-order chi connectivity index (χ1) is 17.0. The Balaban J connectivity index is 1.76. The molecule has 3 rings (SSSR count). The third-order valence-corrected chi connectivity index (χ3v) is 18.0. The minimum absolute atomic E-state index is 0.117. The summed E-state index contributed by atoms with van der Waals surface area (Å²) in [7, 11) is -1.96. The van der Waals surface area contributed by atoms with Gasteiger partial charge in [0, 0.05) is 18.3 Å². The highest BCUT2D eigenvalue weighted by atomic mass is 32.1. The van der Waals surface area contributed by atoms with Crippen molar-refractivity contribution in [1.29, 1.82) is 0 Å². The fraction of sp³-hybridized carbons (Fsp3) is 0.552. The van der Waals surface area contributed by atoms with E-state index in [2.05, 4.69) is 103 Å². The molecule has 0 bridgehead atoms. The standard InChI is InChI=1S/C29H46N2O3SSi2/c1-28(2,3)36(8,9)33-20-24(34-37(10,11)29(4,5)6)19-32-23-16-17-25-26(18-23)35-27(31-25)21-12-14-22(30-7)15-13-21/h12-18,24,30H,19-20H2,1-11H3/t24-/m1/s1. The van der Waals surface area contributed by atoms with Gasteiger partial charge in [-0.15, -0.1) is 11.3 Å². The van der Waals surface area contributed by atoms with E-state index in [1.807, 2.05) is 19.2 Å². The third-order valence-electron chi connectivity index (χ3n) is 7.92. The smallest absolute Gasteiger partial charge is 0.192 e. The zero-order valence-electron chi connectivity index (χ0n) is 24.6. The Morgan fingerprint density at radius 2 is 1.49 bits per heavy atom. The van der Waals surface area contributed by atoms with Crippen molar-refractivity contribution in [3.63, 3.8) is 0 Å². The van der Waals surface area contributed by atoms with Gasteiger partial charge in [0.25, 0.3) is 0 Å². The quantitative estimate of drug-likeness (QED) is 0.252. The van der Waals surface area contributed by atoms with E-state index in [0.29, 0.717) is 13.2 Å². The first kappa shape index (κ1) is 29.8. The summed E-state index contributed by atoms with van der Waals surface area (Å²) >= 11 is 1.69. The van der Waals surface area contributed by atoms with Crippen LogP contribution in [-0.4, -0.2) is 48.0 Å². The molecule has 1 N–H and O–H groups in total. The molecule has 0 fully saturated rings. The van der Waals surface area contributed by atoms with Crippen LogP contribution in [0.25, 0.3) is 20.8 Å². The summed E-state index contributed by atoms with van der Waals surface area (Å²) in [5.74, 6) is 0.837. The van der Waals surface area contributed by atoms with E-state index in [1.165, 1.54) is 0 Å². The molecule has 0 aliphatic rings. The second-order valence-corrected chi connectivity index (χ2v) is 23.5. The van der Waals surface area contributed by atoms with Crippen molar-refractivity contribution in [2.45, 2.75) is 83.9 Å². The van der Waals surface area contributed by atoms with Gasteiger partial charge in [0.05, 0.1) is 16.8 Å². The van der Waals surface area contributed by atoms with Crippen molar-refractivity contribution < 1.29 is 13.6 Å². The van der Waals surface area contributed by atoms with Crippen LogP contribution in [0.4, 0.5) is 5.69 Å². The number of hydrogen-bond acceptors (Lipinski definition) is 6. The van der Waals surface area contributed by atoms with Crippen molar-refractivity contribution in [3.05, 3.63) is 42.5 Å². The lowest BCUT2D eigenvalue weighted by molar-refractivity contribution is 0.0654. The summed E-state index contributed by atoms with van der Waals surface area (Å²) in [6.07, 6.45) is -0.117. The number of fused-ring (bicyclic) bond motifs is 1. The summed E-state index contributed by atoms with van der Waals surface area (Å²) < 4.78 is 20.8. The van der Waals surface area contributed by atoms with Crippen LogP contribution in [0.15, 0.2) is 42.5 Å². The molecule has 0 saturated heterocycles. The minimum atomic E-state index is -1.99. The number of aromatic nitrogens is 1. The number of thiazole rings is 1. The molecule has 204 valence electrons. The molecule has 1 atom stereocenters. The van der Waals surface area contributed by atoms with E-state index in [0.717, 1.165) is 32.2 Å². The van der Waals surface area contributed by atoms with Crippen molar-refractivity contribution in [2.75, 3.05) is 25.6 Å². The Morgan fingerprint density at radius 3 is 2.05 bits per heavy atom. The van der Waals surface area contributed by atoms with E-state index in [9.17, 15) is 0 Å². The number of nitrogens with one attached hydrogen (secondary N) is 1. The summed E-state index contributed by atoms with van der Waals surface area (Å²) in [5.41, 5.74) is 3.20. The number of rotatable bonds is 10. The summed E-state index contributed by atoms with van der Waals surface area (Å²) in [6.45, 7) is 23.8. The van der Waals surface area contributed by atoms with E-state index >= 15 is 0 Å². The van der Waals surface area contributed by atoms with Gasteiger partial charge in [-0.1, -0.05) is 41.5 Å². The van der Waals surface area contributed by atoms with Crippen LogP contribution < -0.4 is 10.1 Å². The molecule has 0 amide bonds. The molecular formula is C29H46N2O3SSi2. The Morgan fingerprint density at radius 1 is 0.865 bits per heavy atom. The molecule has 0 saturated carbocycles. The second-order valence-electron chi connectivity index (χ2n) is 12.9. The van der Waals surface area contributed by atoms with Gasteiger partial charge in [0.1, 0.15) is 23.5 Å². The zero-order chi connectivity index (χ0) is 27.6. The maximum Gasteiger partial charge on any atom is 0.192 e. The van der Waals surface area contributed by atoms with Gasteiger partial charge >= 0.3 is 0 Å². The SMILES string of the molecule is CNc1ccc(-c2nc3ccc(OC[C@H](CO[Si](C)(C)C(C)(C)C)O[Si](C)(C)C(C)(C)C)cc3s2)cc1. The lowest BCUT2D eigenvalue weighted by atomic mass is 10.2. The van der Waals surface area contributed by atoms with Crippen molar-refractivity contribution in [2.24, 2.45) is 0 Å². The molecule has 2 aromatic carbocycles. The fourth-order valence-electron chi connectivity index (χ4n) is 3.31. The van der Waals surface area contributed by atoms with Crippen LogP contribution >= 0.6 is 11.3 Å². The topological polar surface area (TPSA) is 52.6 Å². The van der Waals surface area contributed by atoms with Gasteiger partial charge in [0.15, 0.2) is 16.6 Å². The van der Waals surface area contributed by atoms with E-state index < -0.39 is 16.6 Å². The fourth-order valence-corrected chi connectivity index (χ4v) is 6.67. The van der Waals surface area contributed by atoms with Crippen molar-refractivity contribution in [3.8, 4) is 16.3 Å². The molecule has 0 aliphatic carbocycles. The number of anilines is 1. The Labute approximate surface area is 230 Å². The van der Waals surface area contributed by atoms with E-state index in [1.54, 1.807) is 11.3 Å². The normalized spacial score (nSPS) is 14.1. The van der Waals surface area contributed by atoms with Crippen LogP contribution in [0.1, 0.15) is 41.5 Å². The molecule has 0 spiro atoms. The van der Waals surface area contributed by atoms with Gasteiger partial charge in [-0.25, -0.2) is 4.98 Å². The largest absolute Gasteiger partial charge is 0.491 e. The zero-order valence-corrected chi connectivity index (χ0v) is 27.4. The van der Waals surface area contributed by atoms with Crippen LogP contribution in [0.5, 0.6) is 5.75 Å². The van der Waals surface area contributed by atoms with Gasteiger partial charge in [-0.3, -0.25) is 0 Å². The molecule has 3 aromatic rings. The summed E-state index contributed by atoms with van der Waals surface area (Å²) in [4.78, 5) is 4.84. The predicted octanol–water partition coefficient (Wildman–Crippen LogP) is 8.80. The highest BCUT2D eigenvalue weighted by Crippen LogP contribution is 2.39. The molecular weight excluding hydrogens is 513 g/mol. The number of benzene rings is 2. The van der Waals surface area contributed by atoms with Crippen LogP contribution in [-0.2, 0) is 8.85 Å². The van der Waals surface area contributed by atoms with Gasteiger partial charge in [-0.05, 0) is 78.7 Å². The molecule has 1 aromatic heterocycles. The molecule has 1 heterocycles. The maximum absolute atomic E-state index is 6.80. The lowest BCUT2D eigenvalue weighted by Gasteiger charge is -2.41. The Bertz CT molecular complexity index is 1180. The molecule has 0 radical (unpaired) electrons. The molecule has 5 nitrogen and oxygen atoms in total. The summed E-state index contributed by atoms with van der Waals surface area (Å²) in [5, 5.41) is 4.44. The molecule has 37 heavy (non-hydrogen) atoms. The Kier molecular flexibility index (Phi) is 9.02. The third kappa shape index (κ3) is 7.44. The highest BCUT2D eigenvalue weighted by molar-refractivity contribution is 7.21. The summed E-state index contributed by atoms with van der Waals surface area (Å²) in [6, 6.07) is 14.5. The van der Waals surface area contributed by atoms with Crippen molar-refractivity contribution in [1.82, 2.24) is 4.98 Å². The first-order valence-electron chi connectivity index (χ1n) is 13.2. The Hall–Kier alpha value is -1.72. The average molecular weight is 559 g/mol. The second kappa shape index (κ2) is 11.2. The highest BCUT2D eigenvalue weighted by Gasteiger charge is 2.41. The van der Waals surface area contributed by atoms with Gasteiger partial charge in [0.2, 0.25) is 0 Å².